The van der Waals surface area contributed by atoms with E-state index in [2.05, 4.69) is 104 Å². The van der Waals surface area contributed by atoms with Gasteiger partial charge in [0.2, 0.25) is 11.8 Å². The van der Waals surface area contributed by atoms with Crippen LogP contribution in [-0.4, -0.2) is 77.2 Å². The predicted octanol–water partition coefficient (Wildman–Crippen LogP) is 5.98. The zero-order chi connectivity index (χ0) is 34.0. The van der Waals surface area contributed by atoms with Crippen LogP contribution in [-0.2, 0) is 36.0 Å². The molecule has 1 aliphatic heterocycles. The quantitative estimate of drug-likeness (QED) is 0.167. The molecule has 5 atom stereocenters. The van der Waals surface area contributed by atoms with E-state index in [1.807, 2.05) is 12.1 Å². The molecule has 1 heterocycles. The van der Waals surface area contributed by atoms with Crippen molar-refractivity contribution in [3.8, 4) is 0 Å². The van der Waals surface area contributed by atoms with E-state index in [1.54, 1.807) is 0 Å². The number of rotatable bonds is 14. The summed E-state index contributed by atoms with van der Waals surface area (Å²) in [6.45, 7) is 26.6. The van der Waals surface area contributed by atoms with Crippen molar-refractivity contribution in [2.75, 3.05) is 19.8 Å². The molecule has 1 aliphatic carbocycles. The monoisotopic (exact) mass is 662 g/mol. The summed E-state index contributed by atoms with van der Waals surface area (Å²) in [4.78, 5) is 27.7. The van der Waals surface area contributed by atoms with Crippen LogP contribution >= 0.6 is 0 Å². The maximum Gasteiger partial charge on any atom is 0.245 e. The van der Waals surface area contributed by atoms with Crippen LogP contribution in [0.1, 0.15) is 79.4 Å². The number of epoxide rings is 1. The van der Waals surface area contributed by atoms with E-state index < -0.39 is 40.4 Å². The van der Waals surface area contributed by atoms with E-state index in [-0.39, 0.29) is 46.9 Å². The minimum absolute atomic E-state index is 0.0234. The first-order chi connectivity index (χ1) is 20.6. The molecule has 1 fully saturated rings. The normalized spacial score (nSPS) is 22.8. The summed E-state index contributed by atoms with van der Waals surface area (Å²) in [6, 6.07) is 6.80. The first-order valence-electron chi connectivity index (χ1n) is 16.9. The molecule has 3 N–H and O–H groups in total. The lowest BCUT2D eigenvalue weighted by Gasteiger charge is -2.39. The van der Waals surface area contributed by atoms with E-state index in [0.29, 0.717) is 19.4 Å². The average molecular weight is 663 g/mol. The van der Waals surface area contributed by atoms with Crippen LogP contribution in [0.3, 0.4) is 0 Å². The highest BCUT2D eigenvalue weighted by molar-refractivity contribution is 6.74. The number of benzene rings is 1. The molecule has 4 unspecified atom stereocenters. The largest absolute Gasteiger partial charge is 0.414 e. The van der Waals surface area contributed by atoms with Crippen molar-refractivity contribution >= 4 is 28.4 Å². The van der Waals surface area contributed by atoms with Gasteiger partial charge in [-0.25, -0.2) is 0 Å². The van der Waals surface area contributed by atoms with Crippen LogP contribution in [0.15, 0.2) is 24.3 Å². The van der Waals surface area contributed by atoms with Crippen LogP contribution in [0.5, 0.6) is 0 Å². The lowest BCUT2D eigenvalue weighted by Crippen LogP contribution is -2.59. The topological polar surface area (TPSA) is 109 Å². The third-order valence-corrected chi connectivity index (χ3v) is 19.7. The molecule has 10 heteroatoms. The number of nitrogens with one attached hydrogen (secondary N) is 2. The molecule has 0 spiro atoms. The van der Waals surface area contributed by atoms with Gasteiger partial charge in [0.1, 0.15) is 17.7 Å². The SMILES string of the molecule is CC(C)CC(NC(=O)[C@H](CO[Si](C)(C)C(C)(C)C)NC(=O)C1CCc2ccccc2C1)C(O)C1(CO[Si](C)(C)C(C)(C)C)CO1. The van der Waals surface area contributed by atoms with Gasteiger partial charge in [0.15, 0.2) is 16.6 Å². The van der Waals surface area contributed by atoms with Crippen molar-refractivity contribution in [3.05, 3.63) is 35.4 Å². The average Bonchev–Trinajstić information content (AvgIpc) is 3.72. The summed E-state index contributed by atoms with van der Waals surface area (Å²) in [5.41, 5.74) is 1.63. The van der Waals surface area contributed by atoms with E-state index >= 15 is 0 Å². The fourth-order valence-electron chi connectivity index (χ4n) is 5.28. The Morgan fingerprint density at radius 3 is 2.07 bits per heavy atom. The molecular weight excluding hydrogens is 601 g/mol. The lowest BCUT2D eigenvalue weighted by atomic mass is 9.83. The Labute approximate surface area is 275 Å². The third kappa shape index (κ3) is 9.73. The van der Waals surface area contributed by atoms with Gasteiger partial charge in [-0.3, -0.25) is 9.59 Å². The second kappa shape index (κ2) is 14.3. The minimum atomic E-state index is -2.22. The molecule has 1 saturated heterocycles. The highest BCUT2D eigenvalue weighted by Gasteiger charge is 2.56. The molecule has 0 bridgehead atoms. The summed E-state index contributed by atoms with van der Waals surface area (Å²) in [7, 11) is -4.29. The molecular formula is C35H62N2O6Si2. The van der Waals surface area contributed by atoms with E-state index in [9.17, 15) is 14.7 Å². The molecule has 0 radical (unpaired) electrons. The van der Waals surface area contributed by atoms with Gasteiger partial charge in [-0.2, -0.15) is 0 Å². The Hall–Kier alpha value is -1.57. The van der Waals surface area contributed by atoms with Crippen LogP contribution < -0.4 is 10.6 Å². The third-order valence-electron chi connectivity index (χ3n) is 10.7. The Morgan fingerprint density at radius 1 is 0.978 bits per heavy atom. The molecule has 2 amide bonds. The molecule has 3 rings (SSSR count). The van der Waals surface area contributed by atoms with Crippen molar-refractivity contribution < 1.29 is 28.3 Å². The van der Waals surface area contributed by atoms with Gasteiger partial charge >= 0.3 is 0 Å². The Bertz CT molecular complexity index is 1170. The Morgan fingerprint density at radius 2 is 1.53 bits per heavy atom. The summed E-state index contributed by atoms with van der Waals surface area (Å²) in [5.74, 6) is -0.477. The summed E-state index contributed by atoms with van der Waals surface area (Å²) in [5, 5.41) is 17.9. The molecule has 45 heavy (non-hydrogen) atoms. The number of hydrogen-bond acceptors (Lipinski definition) is 6. The number of hydrogen-bond donors (Lipinski definition) is 3. The van der Waals surface area contributed by atoms with Gasteiger partial charge in [0.05, 0.1) is 25.9 Å². The van der Waals surface area contributed by atoms with Crippen molar-refractivity contribution in [3.63, 3.8) is 0 Å². The van der Waals surface area contributed by atoms with Gasteiger partial charge < -0.3 is 29.3 Å². The molecule has 0 saturated carbocycles. The van der Waals surface area contributed by atoms with E-state index in [4.69, 9.17) is 13.6 Å². The zero-order valence-corrected chi connectivity index (χ0v) is 32.1. The van der Waals surface area contributed by atoms with Crippen LogP contribution in [0.4, 0.5) is 0 Å². The molecule has 1 aromatic carbocycles. The number of fused-ring (bicyclic) bond motifs is 1. The maximum atomic E-state index is 14.1. The van der Waals surface area contributed by atoms with Gasteiger partial charge in [0.25, 0.3) is 0 Å². The number of ether oxygens (including phenoxy) is 1. The van der Waals surface area contributed by atoms with Crippen LogP contribution in [0.25, 0.3) is 0 Å². The van der Waals surface area contributed by atoms with E-state index in [0.717, 1.165) is 12.8 Å². The molecule has 1 aromatic rings. The van der Waals surface area contributed by atoms with Gasteiger partial charge in [-0.1, -0.05) is 79.7 Å². The van der Waals surface area contributed by atoms with Crippen LogP contribution in [0, 0.1) is 11.8 Å². The molecule has 256 valence electrons. The maximum absolute atomic E-state index is 14.1. The van der Waals surface area contributed by atoms with E-state index in [1.165, 1.54) is 11.1 Å². The Balaban J connectivity index is 1.79. The summed E-state index contributed by atoms with van der Waals surface area (Å²) >= 11 is 0. The number of amides is 2. The number of carbonyl (C=O) groups excluding carboxylic acids is 2. The zero-order valence-electron chi connectivity index (χ0n) is 30.1. The van der Waals surface area contributed by atoms with Gasteiger partial charge in [-0.05, 0) is 79.0 Å². The highest BCUT2D eigenvalue weighted by Crippen LogP contribution is 2.41. The number of aliphatic hydroxyl groups excluding tert-OH is 1. The van der Waals surface area contributed by atoms with Crippen molar-refractivity contribution in [2.45, 2.75) is 141 Å². The van der Waals surface area contributed by atoms with Crippen molar-refractivity contribution in [1.29, 1.82) is 0 Å². The first-order valence-corrected chi connectivity index (χ1v) is 22.7. The molecule has 8 nitrogen and oxygen atoms in total. The molecule has 2 aliphatic rings. The Kier molecular flexibility index (Phi) is 12.0. The summed E-state index contributed by atoms with van der Waals surface area (Å²) < 4.78 is 18.8. The van der Waals surface area contributed by atoms with Crippen molar-refractivity contribution in [1.82, 2.24) is 10.6 Å². The fraction of sp³-hybridized carbons (Fsp3) is 0.771. The highest BCUT2D eigenvalue weighted by atomic mass is 28.4. The fourth-order valence-corrected chi connectivity index (χ4v) is 7.33. The lowest BCUT2D eigenvalue weighted by molar-refractivity contribution is -0.133. The van der Waals surface area contributed by atoms with Gasteiger partial charge in [-0.15, -0.1) is 0 Å². The first kappa shape index (κ1) is 37.9. The van der Waals surface area contributed by atoms with Crippen molar-refractivity contribution in [2.24, 2.45) is 11.8 Å². The second-order valence-corrected chi connectivity index (χ2v) is 26.6. The second-order valence-electron chi connectivity index (χ2n) is 16.9. The van der Waals surface area contributed by atoms with Gasteiger partial charge in [0, 0.05) is 5.92 Å². The molecule has 0 aromatic heterocycles. The smallest absolute Gasteiger partial charge is 0.245 e. The minimum Gasteiger partial charge on any atom is -0.414 e. The van der Waals surface area contributed by atoms with Crippen LogP contribution in [0.2, 0.25) is 36.3 Å². The summed E-state index contributed by atoms with van der Waals surface area (Å²) in [6.07, 6.45) is 1.83. The number of aliphatic hydroxyl groups is 1. The number of carbonyl (C=O) groups is 2. The predicted molar refractivity (Wildman–Crippen MR) is 186 cm³/mol. The number of aryl methyl sites for hydroxylation is 1. The standard InChI is InChI=1S/C35H62N2O6Si2/c1-24(2)19-28(30(38)35(22-41-35)23-43-45(11,12)34(6,7)8)36-32(40)29(21-42-44(9,10)33(3,4)5)37-31(39)27-18-17-25-15-13-14-16-26(25)20-27/h13-16,24,27-30,38H,17-23H2,1-12H3,(H,36,40)(H,37,39)/t27?,28?,29-,30?,35?/m0/s1.